The number of carboxylic acids is 1. The van der Waals surface area contributed by atoms with Gasteiger partial charge in [0.2, 0.25) is 0 Å². The smallest absolute Gasteiger partial charge is 0.307 e. The fraction of sp³-hybridized carbons (Fsp3) is 0.909. The molecule has 0 aromatic heterocycles. The van der Waals surface area contributed by atoms with Gasteiger partial charge < -0.3 is 14.9 Å². The van der Waals surface area contributed by atoms with Crippen LogP contribution in [0.1, 0.15) is 13.3 Å². The highest BCUT2D eigenvalue weighted by atomic mass is 16.4. The molecule has 1 N–H and O–H groups in total. The molecule has 1 aliphatic rings. The number of hydrogen-bond donors (Lipinski definition) is 1. The van der Waals surface area contributed by atoms with Crippen LogP contribution in [0.3, 0.4) is 0 Å². The second kappa shape index (κ2) is 4.94. The molecular weight excluding hydrogens is 192 g/mol. The van der Waals surface area contributed by atoms with Gasteiger partial charge in [0.05, 0.1) is 5.92 Å². The van der Waals surface area contributed by atoms with Gasteiger partial charge in [-0.2, -0.15) is 0 Å². The summed E-state index contributed by atoms with van der Waals surface area (Å²) in [6.07, 6.45) is 1.11. The zero-order chi connectivity index (χ0) is 11.6. The van der Waals surface area contributed by atoms with Crippen LogP contribution >= 0.6 is 0 Å². The molecule has 0 aliphatic carbocycles. The largest absolute Gasteiger partial charge is 0.481 e. The van der Waals surface area contributed by atoms with Crippen molar-refractivity contribution in [2.45, 2.75) is 19.4 Å². The lowest BCUT2D eigenvalue weighted by Crippen LogP contribution is -2.44. The molecule has 0 radical (unpaired) electrons. The average molecular weight is 214 g/mol. The standard InChI is InChI=1S/C11H22N2O2/c1-8(11(14)15)10(12(2)3)9-5-6-13(4)7-9/h8-10H,5-7H2,1-4H3,(H,14,15). The van der Waals surface area contributed by atoms with Crippen molar-refractivity contribution in [3.8, 4) is 0 Å². The summed E-state index contributed by atoms with van der Waals surface area (Å²) in [4.78, 5) is 15.4. The van der Waals surface area contributed by atoms with Crippen molar-refractivity contribution in [1.29, 1.82) is 0 Å². The van der Waals surface area contributed by atoms with Crippen molar-refractivity contribution in [2.24, 2.45) is 11.8 Å². The van der Waals surface area contributed by atoms with Gasteiger partial charge in [0.15, 0.2) is 0 Å². The molecule has 1 heterocycles. The van der Waals surface area contributed by atoms with Crippen LogP contribution in [-0.4, -0.2) is 61.2 Å². The number of carboxylic acid groups (broad SMARTS) is 1. The molecule has 0 aromatic rings. The van der Waals surface area contributed by atoms with E-state index in [2.05, 4.69) is 16.8 Å². The van der Waals surface area contributed by atoms with E-state index in [0.29, 0.717) is 5.92 Å². The molecule has 3 atom stereocenters. The van der Waals surface area contributed by atoms with E-state index in [9.17, 15) is 4.79 Å². The molecule has 1 saturated heterocycles. The van der Waals surface area contributed by atoms with E-state index in [0.717, 1.165) is 19.5 Å². The first kappa shape index (κ1) is 12.5. The van der Waals surface area contributed by atoms with E-state index in [4.69, 9.17) is 5.11 Å². The molecule has 15 heavy (non-hydrogen) atoms. The predicted molar refractivity (Wildman–Crippen MR) is 59.9 cm³/mol. The molecule has 0 spiro atoms. The zero-order valence-electron chi connectivity index (χ0n) is 10.1. The van der Waals surface area contributed by atoms with E-state index in [1.807, 2.05) is 21.0 Å². The first-order valence-corrected chi connectivity index (χ1v) is 5.51. The van der Waals surface area contributed by atoms with Crippen LogP contribution in [-0.2, 0) is 4.79 Å². The summed E-state index contributed by atoms with van der Waals surface area (Å²) in [5.74, 6) is -0.504. The summed E-state index contributed by atoms with van der Waals surface area (Å²) >= 11 is 0. The van der Waals surface area contributed by atoms with Crippen molar-refractivity contribution in [3.05, 3.63) is 0 Å². The molecule has 1 aliphatic heterocycles. The maximum atomic E-state index is 11.0. The first-order valence-electron chi connectivity index (χ1n) is 5.51. The number of nitrogens with zero attached hydrogens (tertiary/aromatic N) is 2. The number of aliphatic carboxylic acids is 1. The van der Waals surface area contributed by atoms with Gasteiger partial charge in [0.25, 0.3) is 0 Å². The normalized spacial score (nSPS) is 26.9. The Balaban J connectivity index is 2.70. The molecule has 4 nitrogen and oxygen atoms in total. The topological polar surface area (TPSA) is 43.8 Å². The lowest BCUT2D eigenvalue weighted by molar-refractivity contribution is -0.144. The van der Waals surface area contributed by atoms with Crippen molar-refractivity contribution in [3.63, 3.8) is 0 Å². The Hall–Kier alpha value is -0.610. The third-order valence-electron chi connectivity index (χ3n) is 3.41. The van der Waals surface area contributed by atoms with Gasteiger partial charge in [-0.05, 0) is 40.0 Å². The van der Waals surface area contributed by atoms with E-state index in [1.165, 1.54) is 0 Å². The molecule has 1 fully saturated rings. The summed E-state index contributed by atoms with van der Waals surface area (Å²) in [5, 5.41) is 9.09. The Morgan fingerprint density at radius 1 is 1.53 bits per heavy atom. The first-order chi connectivity index (χ1) is 6.93. The van der Waals surface area contributed by atoms with Crippen LogP contribution in [0.5, 0.6) is 0 Å². The van der Waals surface area contributed by atoms with Crippen molar-refractivity contribution in [1.82, 2.24) is 9.80 Å². The highest BCUT2D eigenvalue weighted by molar-refractivity contribution is 5.70. The molecule has 1 rings (SSSR count). The van der Waals surface area contributed by atoms with Crippen molar-refractivity contribution < 1.29 is 9.90 Å². The maximum absolute atomic E-state index is 11.0. The lowest BCUT2D eigenvalue weighted by atomic mass is 9.88. The Kier molecular flexibility index (Phi) is 4.11. The number of hydrogen-bond acceptors (Lipinski definition) is 3. The highest BCUT2D eigenvalue weighted by Crippen LogP contribution is 2.26. The maximum Gasteiger partial charge on any atom is 0.307 e. The minimum atomic E-state index is -0.691. The van der Waals surface area contributed by atoms with Crippen LogP contribution < -0.4 is 0 Å². The van der Waals surface area contributed by atoms with E-state index in [-0.39, 0.29) is 12.0 Å². The number of carbonyl (C=O) groups is 1. The highest BCUT2D eigenvalue weighted by Gasteiger charge is 2.35. The van der Waals surface area contributed by atoms with E-state index >= 15 is 0 Å². The quantitative estimate of drug-likeness (QED) is 0.744. The summed E-state index contributed by atoms with van der Waals surface area (Å²) in [5.41, 5.74) is 0. The van der Waals surface area contributed by atoms with Crippen LogP contribution in [0, 0.1) is 11.8 Å². The Morgan fingerprint density at radius 2 is 2.13 bits per heavy atom. The molecule has 0 saturated carbocycles. The third kappa shape index (κ3) is 2.92. The zero-order valence-corrected chi connectivity index (χ0v) is 10.1. The summed E-state index contributed by atoms with van der Waals surface area (Å²) in [7, 11) is 6.04. The second-order valence-corrected chi connectivity index (χ2v) is 4.89. The Morgan fingerprint density at radius 3 is 2.47 bits per heavy atom. The van der Waals surface area contributed by atoms with Crippen LogP contribution in [0.4, 0.5) is 0 Å². The molecule has 4 heteroatoms. The SMILES string of the molecule is CC(C(=O)O)C(C1CCN(C)C1)N(C)C. The predicted octanol–water partition coefficient (Wildman–Crippen LogP) is 0.589. The molecule has 3 unspecified atom stereocenters. The molecule has 0 aromatic carbocycles. The van der Waals surface area contributed by atoms with Crippen LogP contribution in [0.2, 0.25) is 0 Å². The average Bonchev–Trinajstić information content (AvgIpc) is 2.51. The van der Waals surface area contributed by atoms with Gasteiger partial charge in [-0.15, -0.1) is 0 Å². The van der Waals surface area contributed by atoms with Crippen LogP contribution in [0.15, 0.2) is 0 Å². The van der Waals surface area contributed by atoms with Gasteiger partial charge in [0.1, 0.15) is 0 Å². The Bertz CT molecular complexity index is 231. The van der Waals surface area contributed by atoms with Gasteiger partial charge in [-0.1, -0.05) is 6.92 Å². The fourth-order valence-corrected chi connectivity index (χ4v) is 2.67. The summed E-state index contributed by atoms with van der Waals surface area (Å²) in [6.45, 7) is 3.91. The van der Waals surface area contributed by atoms with Crippen molar-refractivity contribution >= 4 is 5.97 Å². The third-order valence-corrected chi connectivity index (χ3v) is 3.41. The number of rotatable bonds is 4. The minimum Gasteiger partial charge on any atom is -0.481 e. The fourth-order valence-electron chi connectivity index (χ4n) is 2.67. The van der Waals surface area contributed by atoms with Gasteiger partial charge in [-0.25, -0.2) is 0 Å². The number of likely N-dealkylation sites (tertiary alicyclic amines) is 1. The molecule has 0 amide bonds. The van der Waals surface area contributed by atoms with Gasteiger partial charge >= 0.3 is 5.97 Å². The molecule has 0 bridgehead atoms. The monoisotopic (exact) mass is 214 g/mol. The second-order valence-electron chi connectivity index (χ2n) is 4.89. The van der Waals surface area contributed by atoms with Crippen molar-refractivity contribution in [2.75, 3.05) is 34.2 Å². The minimum absolute atomic E-state index is 0.146. The van der Waals surface area contributed by atoms with Gasteiger partial charge in [-0.3, -0.25) is 4.79 Å². The summed E-state index contributed by atoms with van der Waals surface area (Å²) in [6, 6.07) is 0.146. The lowest BCUT2D eigenvalue weighted by Gasteiger charge is -2.32. The summed E-state index contributed by atoms with van der Waals surface area (Å²) < 4.78 is 0. The van der Waals surface area contributed by atoms with E-state index < -0.39 is 5.97 Å². The van der Waals surface area contributed by atoms with Gasteiger partial charge in [0, 0.05) is 12.6 Å². The Labute approximate surface area is 91.9 Å². The van der Waals surface area contributed by atoms with E-state index in [1.54, 1.807) is 0 Å². The molecule has 88 valence electrons. The molecular formula is C11H22N2O2. The van der Waals surface area contributed by atoms with Crippen LogP contribution in [0.25, 0.3) is 0 Å².